The number of hydrogen-bond acceptors (Lipinski definition) is 7. The van der Waals surface area contributed by atoms with Crippen LogP contribution < -0.4 is 19.9 Å². The third kappa shape index (κ3) is 10.4. The number of benzene rings is 3. The zero-order chi connectivity index (χ0) is 33.6. The number of carboxylic acids is 1. The lowest BCUT2D eigenvalue weighted by Crippen LogP contribution is -2.05. The molecule has 0 radical (unpaired) electrons. The predicted molar refractivity (Wildman–Crippen MR) is 185 cm³/mol. The van der Waals surface area contributed by atoms with Crippen molar-refractivity contribution in [2.75, 3.05) is 11.9 Å². The Kier molecular flexibility index (Phi) is 14.6. The standard InChI is InChI=1S/C31H28BrCl2N3O3.C4H8O2/c1-20-23(5-2-6-25(20)26-7-3-8-28(31(26)34)38-10-4-9-32)19-40-30-13-29(24(15-36)12-27(30)33)39-18-22-11-21(14-35)16-37-17-22;1-3(2)4(5)6/h2-3,5-8,11-13,16-17H,4,9-10,15,18-19,36H2,1H3;3H,1-2H3,(H,5,6). The van der Waals surface area contributed by atoms with Crippen molar-refractivity contribution >= 4 is 45.1 Å². The molecular formula is C35H36BrCl2N3O5. The second kappa shape index (κ2) is 18.4. The number of carboxylic acid groups (broad SMARTS) is 1. The Bertz CT molecular complexity index is 1680. The minimum absolute atomic E-state index is 0.220. The Hall–Kier alpha value is -3.81. The molecule has 0 atom stereocenters. The van der Waals surface area contributed by atoms with Crippen LogP contribution in [0.3, 0.4) is 0 Å². The normalized spacial score (nSPS) is 10.5. The molecule has 0 amide bonds. The number of carbonyl (C=O) groups is 1. The van der Waals surface area contributed by atoms with Crippen LogP contribution in [0.4, 0.5) is 0 Å². The molecule has 46 heavy (non-hydrogen) atoms. The average Bonchev–Trinajstić information content (AvgIpc) is 3.05. The van der Waals surface area contributed by atoms with Crippen LogP contribution in [0.5, 0.6) is 17.2 Å². The highest BCUT2D eigenvalue weighted by atomic mass is 79.9. The molecule has 1 aromatic heterocycles. The predicted octanol–water partition coefficient (Wildman–Crippen LogP) is 8.74. The zero-order valence-corrected chi connectivity index (χ0v) is 29.0. The molecule has 3 aromatic carbocycles. The largest absolute Gasteiger partial charge is 0.492 e. The van der Waals surface area contributed by atoms with Gasteiger partial charge in [0.05, 0.1) is 28.1 Å². The highest BCUT2D eigenvalue weighted by Crippen LogP contribution is 2.38. The molecule has 0 saturated heterocycles. The number of alkyl halides is 1. The van der Waals surface area contributed by atoms with Crippen LogP contribution in [0.1, 0.15) is 48.1 Å². The highest BCUT2D eigenvalue weighted by Gasteiger charge is 2.15. The molecule has 0 aliphatic heterocycles. The van der Waals surface area contributed by atoms with Crippen LogP contribution in [0.2, 0.25) is 10.0 Å². The van der Waals surface area contributed by atoms with Crippen LogP contribution in [0, 0.1) is 24.2 Å². The molecule has 0 unspecified atom stereocenters. The molecule has 242 valence electrons. The first-order valence-corrected chi connectivity index (χ1v) is 16.4. The van der Waals surface area contributed by atoms with Crippen molar-refractivity contribution < 1.29 is 24.1 Å². The topological polar surface area (TPSA) is 128 Å². The number of hydrogen-bond donors (Lipinski definition) is 2. The third-order valence-electron chi connectivity index (χ3n) is 6.77. The van der Waals surface area contributed by atoms with Gasteiger partial charge >= 0.3 is 5.97 Å². The number of nitrogens with two attached hydrogens (primary N) is 1. The number of nitriles is 1. The average molecular weight is 729 g/mol. The Morgan fingerprint density at radius 1 is 0.978 bits per heavy atom. The molecule has 0 aliphatic rings. The first-order valence-electron chi connectivity index (χ1n) is 14.5. The number of rotatable bonds is 13. The fraction of sp³-hybridized carbons (Fsp3) is 0.286. The van der Waals surface area contributed by atoms with Crippen molar-refractivity contribution in [3.8, 4) is 34.4 Å². The summed E-state index contributed by atoms with van der Waals surface area (Å²) in [5.74, 6) is 0.719. The van der Waals surface area contributed by atoms with Gasteiger partial charge in [-0.15, -0.1) is 0 Å². The molecule has 0 aliphatic carbocycles. The maximum atomic E-state index is 9.70. The van der Waals surface area contributed by atoms with Gasteiger partial charge in [0, 0.05) is 47.0 Å². The Morgan fingerprint density at radius 3 is 2.35 bits per heavy atom. The smallest absolute Gasteiger partial charge is 0.305 e. The summed E-state index contributed by atoms with van der Waals surface area (Å²) < 4.78 is 18.1. The van der Waals surface area contributed by atoms with Gasteiger partial charge < -0.3 is 25.1 Å². The number of aromatic nitrogens is 1. The second-order valence-electron chi connectivity index (χ2n) is 10.5. The molecule has 0 fully saturated rings. The maximum absolute atomic E-state index is 9.70. The maximum Gasteiger partial charge on any atom is 0.305 e. The van der Waals surface area contributed by atoms with Crippen molar-refractivity contribution in [2.45, 2.75) is 47.0 Å². The summed E-state index contributed by atoms with van der Waals surface area (Å²) in [5, 5.41) is 19.0. The van der Waals surface area contributed by atoms with Crippen LogP contribution in [0.25, 0.3) is 11.1 Å². The lowest BCUT2D eigenvalue weighted by molar-refractivity contribution is -0.140. The van der Waals surface area contributed by atoms with Gasteiger partial charge in [-0.25, -0.2) is 0 Å². The van der Waals surface area contributed by atoms with Gasteiger partial charge in [-0.05, 0) is 48.2 Å². The number of aliphatic carboxylic acids is 1. The van der Waals surface area contributed by atoms with Gasteiger partial charge in [-0.2, -0.15) is 5.26 Å². The molecule has 8 nitrogen and oxygen atoms in total. The second-order valence-corrected chi connectivity index (χ2v) is 12.0. The fourth-order valence-electron chi connectivity index (χ4n) is 4.12. The summed E-state index contributed by atoms with van der Waals surface area (Å²) in [7, 11) is 0. The van der Waals surface area contributed by atoms with E-state index in [1.54, 1.807) is 38.2 Å². The van der Waals surface area contributed by atoms with Gasteiger partial charge in [0.15, 0.2) is 0 Å². The first-order chi connectivity index (χ1) is 22.1. The van der Waals surface area contributed by atoms with E-state index < -0.39 is 5.97 Å². The van der Waals surface area contributed by atoms with E-state index in [2.05, 4.69) is 27.0 Å². The molecule has 3 N–H and O–H groups in total. The van der Waals surface area contributed by atoms with Gasteiger partial charge in [-0.1, -0.05) is 83.3 Å². The van der Waals surface area contributed by atoms with Crippen molar-refractivity contribution in [3.05, 3.63) is 105 Å². The van der Waals surface area contributed by atoms with E-state index in [1.807, 2.05) is 43.3 Å². The molecule has 0 bridgehead atoms. The monoisotopic (exact) mass is 727 g/mol. The zero-order valence-electron chi connectivity index (χ0n) is 25.9. The summed E-state index contributed by atoms with van der Waals surface area (Å²) in [6.45, 7) is 6.66. The molecule has 0 saturated carbocycles. The number of ether oxygens (including phenoxy) is 3. The van der Waals surface area contributed by atoms with E-state index >= 15 is 0 Å². The molecule has 11 heteroatoms. The quantitative estimate of drug-likeness (QED) is 0.103. The van der Waals surface area contributed by atoms with Crippen LogP contribution in [-0.4, -0.2) is 28.0 Å². The van der Waals surface area contributed by atoms with Crippen molar-refractivity contribution in [1.29, 1.82) is 5.26 Å². The molecule has 0 spiro atoms. The van der Waals surface area contributed by atoms with Gasteiger partial charge in [0.25, 0.3) is 0 Å². The van der Waals surface area contributed by atoms with Gasteiger partial charge in [0.1, 0.15) is 36.5 Å². The summed E-state index contributed by atoms with van der Waals surface area (Å²) in [6.07, 6.45) is 4.05. The minimum atomic E-state index is -0.741. The first kappa shape index (κ1) is 36.7. The summed E-state index contributed by atoms with van der Waals surface area (Å²) in [4.78, 5) is 13.8. The lowest BCUT2D eigenvalue weighted by Gasteiger charge is -2.17. The van der Waals surface area contributed by atoms with Gasteiger partial charge in [0.2, 0.25) is 0 Å². The van der Waals surface area contributed by atoms with E-state index in [9.17, 15) is 4.79 Å². The Balaban J connectivity index is 0.000000875. The fourth-order valence-corrected chi connectivity index (χ4v) is 4.88. The van der Waals surface area contributed by atoms with Crippen LogP contribution in [-0.2, 0) is 24.6 Å². The SMILES string of the molecule is CC(C)C(=O)O.Cc1c(COc2cc(OCc3cncc(C#N)c3)c(CN)cc2Cl)cccc1-c1cccc(OCCCBr)c1Cl. The molecule has 1 heterocycles. The number of pyridine rings is 1. The molecular weight excluding hydrogens is 693 g/mol. The lowest BCUT2D eigenvalue weighted by atomic mass is 9.96. The van der Waals surface area contributed by atoms with E-state index in [-0.39, 0.29) is 25.7 Å². The van der Waals surface area contributed by atoms with Crippen LogP contribution in [0.15, 0.2) is 67.0 Å². The van der Waals surface area contributed by atoms with E-state index in [4.69, 9.17) is 53.5 Å². The van der Waals surface area contributed by atoms with Crippen molar-refractivity contribution in [1.82, 2.24) is 4.98 Å². The van der Waals surface area contributed by atoms with Crippen molar-refractivity contribution in [3.63, 3.8) is 0 Å². The van der Waals surface area contributed by atoms with E-state index in [0.717, 1.165) is 45.1 Å². The number of halogens is 3. The highest BCUT2D eigenvalue weighted by molar-refractivity contribution is 9.09. The Labute approximate surface area is 288 Å². The van der Waals surface area contributed by atoms with E-state index in [1.165, 1.54) is 6.20 Å². The molecule has 4 aromatic rings. The number of nitrogens with zero attached hydrogens (tertiary/aromatic N) is 2. The van der Waals surface area contributed by atoms with Gasteiger partial charge in [-0.3, -0.25) is 9.78 Å². The Morgan fingerprint density at radius 2 is 1.67 bits per heavy atom. The summed E-state index contributed by atoms with van der Waals surface area (Å²) >= 11 is 16.7. The van der Waals surface area contributed by atoms with E-state index in [0.29, 0.717) is 39.5 Å². The summed E-state index contributed by atoms with van der Waals surface area (Å²) in [5.41, 5.74) is 11.8. The van der Waals surface area contributed by atoms with Crippen molar-refractivity contribution in [2.24, 2.45) is 11.7 Å². The third-order valence-corrected chi connectivity index (χ3v) is 8.01. The van der Waals surface area contributed by atoms with Crippen LogP contribution >= 0.6 is 39.1 Å². The molecule has 4 rings (SSSR count). The minimum Gasteiger partial charge on any atom is -0.492 e. The summed E-state index contributed by atoms with van der Waals surface area (Å²) in [6, 6.07) is 19.1.